The van der Waals surface area contributed by atoms with E-state index in [4.69, 9.17) is 4.52 Å². The van der Waals surface area contributed by atoms with Crippen molar-refractivity contribution >= 4 is 27.3 Å². The fourth-order valence-corrected chi connectivity index (χ4v) is 3.02. The molecule has 0 radical (unpaired) electrons. The van der Waals surface area contributed by atoms with E-state index < -0.39 is 4.92 Å². The Balaban J connectivity index is 2.07. The van der Waals surface area contributed by atoms with Gasteiger partial charge in [-0.15, -0.1) is 0 Å². The maximum atomic E-state index is 11.5. The number of aryl methyl sites for hydroxylation is 1. The van der Waals surface area contributed by atoms with Crippen LogP contribution in [0.25, 0.3) is 28.4 Å². The molecule has 124 valence electrons. The quantitative estimate of drug-likeness (QED) is 0.370. The zero-order valence-electron chi connectivity index (χ0n) is 13.0. The molecule has 3 heterocycles. The van der Waals surface area contributed by atoms with E-state index in [0.717, 1.165) is 10.0 Å². The third-order valence-corrected chi connectivity index (χ3v) is 4.41. The molecule has 25 heavy (non-hydrogen) atoms. The van der Waals surface area contributed by atoms with Gasteiger partial charge in [-0.1, -0.05) is 39.3 Å². The number of rotatable bonds is 3. The molecule has 0 saturated heterocycles. The maximum absolute atomic E-state index is 11.5. The first-order valence-corrected chi connectivity index (χ1v) is 8.19. The highest BCUT2D eigenvalue weighted by Crippen LogP contribution is 2.39. The zero-order valence-corrected chi connectivity index (χ0v) is 14.6. The van der Waals surface area contributed by atoms with Crippen LogP contribution in [0.1, 0.15) is 5.69 Å². The molecule has 7 nitrogen and oxygen atoms in total. The number of imidazole rings is 1. The zero-order chi connectivity index (χ0) is 17.6. The second-order valence-corrected chi connectivity index (χ2v) is 6.36. The topological polar surface area (TPSA) is 86.5 Å². The van der Waals surface area contributed by atoms with Gasteiger partial charge in [0.15, 0.2) is 5.69 Å². The van der Waals surface area contributed by atoms with Crippen molar-refractivity contribution in [3.8, 4) is 22.7 Å². The predicted octanol–water partition coefficient (Wildman–Crippen LogP) is 4.64. The molecule has 0 N–H and O–H groups in total. The van der Waals surface area contributed by atoms with Gasteiger partial charge >= 0.3 is 5.69 Å². The summed E-state index contributed by atoms with van der Waals surface area (Å²) in [6.07, 6.45) is 1.79. The Morgan fingerprint density at radius 2 is 1.96 bits per heavy atom. The maximum Gasteiger partial charge on any atom is 0.340 e. The summed E-state index contributed by atoms with van der Waals surface area (Å²) in [6.45, 7) is 1.55. The third-order valence-electron chi connectivity index (χ3n) is 3.88. The number of hydrogen-bond donors (Lipinski definition) is 0. The minimum Gasteiger partial charge on any atom is -0.347 e. The molecular formula is C17H11BrN4O3. The SMILES string of the molecule is Cc1noc(-c2c(-c3ccc(Br)cc3)nc3ccccn23)c1[N+](=O)[O-]. The normalized spacial score (nSPS) is 11.1. The summed E-state index contributed by atoms with van der Waals surface area (Å²) < 4.78 is 8.03. The number of hydrogen-bond acceptors (Lipinski definition) is 5. The summed E-state index contributed by atoms with van der Waals surface area (Å²) in [5.41, 5.74) is 2.67. The van der Waals surface area contributed by atoms with Crippen molar-refractivity contribution in [1.82, 2.24) is 14.5 Å². The lowest BCUT2D eigenvalue weighted by molar-refractivity contribution is -0.385. The molecule has 0 bridgehead atoms. The van der Waals surface area contributed by atoms with Gasteiger partial charge in [0.1, 0.15) is 17.0 Å². The third kappa shape index (κ3) is 2.51. The van der Waals surface area contributed by atoms with E-state index in [1.807, 2.05) is 42.5 Å². The molecule has 0 aliphatic carbocycles. The minimum atomic E-state index is -0.477. The van der Waals surface area contributed by atoms with E-state index in [1.54, 1.807) is 17.5 Å². The summed E-state index contributed by atoms with van der Waals surface area (Å²) in [7, 11) is 0. The number of aromatic nitrogens is 3. The summed E-state index contributed by atoms with van der Waals surface area (Å²) in [4.78, 5) is 15.7. The standard InChI is InChI=1S/C17H11BrN4O3/c1-10-15(22(23)24)17(25-20-10)16-14(11-5-7-12(18)8-6-11)19-13-4-2-3-9-21(13)16/h2-9H,1H3. The first kappa shape index (κ1) is 15.5. The lowest BCUT2D eigenvalue weighted by Gasteiger charge is -2.02. The molecule has 4 rings (SSSR count). The summed E-state index contributed by atoms with van der Waals surface area (Å²) in [5.74, 6) is 0.0964. The van der Waals surface area contributed by atoms with Crippen molar-refractivity contribution < 1.29 is 9.45 Å². The Hall–Kier alpha value is -3.00. The summed E-state index contributed by atoms with van der Waals surface area (Å²) in [6, 6.07) is 13.1. The molecule has 3 aromatic heterocycles. The van der Waals surface area contributed by atoms with Crippen LogP contribution >= 0.6 is 15.9 Å². The Labute approximate surface area is 150 Å². The van der Waals surface area contributed by atoms with Gasteiger partial charge in [-0.3, -0.25) is 14.5 Å². The van der Waals surface area contributed by atoms with Gasteiger partial charge < -0.3 is 4.52 Å². The smallest absolute Gasteiger partial charge is 0.340 e. The van der Waals surface area contributed by atoms with E-state index >= 15 is 0 Å². The van der Waals surface area contributed by atoms with Crippen LogP contribution in [0, 0.1) is 17.0 Å². The summed E-state index contributed by atoms with van der Waals surface area (Å²) >= 11 is 3.41. The van der Waals surface area contributed by atoms with Crippen molar-refractivity contribution in [2.75, 3.05) is 0 Å². The number of benzene rings is 1. The fraction of sp³-hybridized carbons (Fsp3) is 0.0588. The molecule has 0 spiro atoms. The molecule has 1 aromatic carbocycles. The average molecular weight is 399 g/mol. The molecule has 8 heteroatoms. The second kappa shape index (κ2) is 5.82. The van der Waals surface area contributed by atoms with E-state index in [0.29, 0.717) is 17.0 Å². The minimum absolute atomic E-state index is 0.0964. The van der Waals surface area contributed by atoms with E-state index in [1.165, 1.54) is 0 Å². The van der Waals surface area contributed by atoms with Gasteiger partial charge in [0, 0.05) is 16.2 Å². The number of pyridine rings is 1. The van der Waals surface area contributed by atoms with E-state index in [2.05, 4.69) is 26.1 Å². The van der Waals surface area contributed by atoms with Crippen LogP contribution in [0.3, 0.4) is 0 Å². The fourth-order valence-electron chi connectivity index (χ4n) is 2.76. The molecule has 0 fully saturated rings. The van der Waals surface area contributed by atoms with Gasteiger partial charge in [0.25, 0.3) is 5.76 Å². The second-order valence-electron chi connectivity index (χ2n) is 5.45. The number of nitrogens with zero attached hydrogens (tertiary/aromatic N) is 4. The molecule has 4 aromatic rings. The van der Waals surface area contributed by atoms with Gasteiger partial charge in [-0.25, -0.2) is 4.98 Å². The van der Waals surface area contributed by atoms with Crippen LogP contribution in [0.4, 0.5) is 5.69 Å². The van der Waals surface area contributed by atoms with Crippen LogP contribution in [-0.2, 0) is 0 Å². The Bertz CT molecular complexity index is 1100. The Morgan fingerprint density at radius 1 is 1.20 bits per heavy atom. The van der Waals surface area contributed by atoms with Crippen molar-refractivity contribution in [3.63, 3.8) is 0 Å². The average Bonchev–Trinajstić information content (AvgIpc) is 3.15. The first-order valence-electron chi connectivity index (χ1n) is 7.40. The molecule has 0 amide bonds. The number of halogens is 1. The molecule has 0 saturated carbocycles. The van der Waals surface area contributed by atoms with E-state index in [-0.39, 0.29) is 17.1 Å². The molecular weight excluding hydrogens is 388 g/mol. The molecule has 0 aliphatic rings. The van der Waals surface area contributed by atoms with Gasteiger partial charge in [0.05, 0.1) is 4.92 Å². The monoisotopic (exact) mass is 398 g/mol. The number of nitro groups is 1. The summed E-state index contributed by atoms with van der Waals surface area (Å²) in [5, 5.41) is 15.3. The molecule has 0 aliphatic heterocycles. The van der Waals surface area contributed by atoms with Crippen LogP contribution in [-0.4, -0.2) is 19.5 Å². The van der Waals surface area contributed by atoms with Crippen molar-refractivity contribution in [2.45, 2.75) is 6.92 Å². The van der Waals surface area contributed by atoms with Gasteiger partial charge in [-0.2, -0.15) is 0 Å². The predicted molar refractivity (Wildman–Crippen MR) is 95.2 cm³/mol. The van der Waals surface area contributed by atoms with Crippen LogP contribution in [0.5, 0.6) is 0 Å². The lowest BCUT2D eigenvalue weighted by Crippen LogP contribution is -1.94. The van der Waals surface area contributed by atoms with Gasteiger partial charge in [-0.05, 0) is 31.2 Å². The Kier molecular flexibility index (Phi) is 3.61. The highest BCUT2D eigenvalue weighted by molar-refractivity contribution is 9.10. The van der Waals surface area contributed by atoms with Crippen LogP contribution in [0.15, 0.2) is 57.7 Å². The lowest BCUT2D eigenvalue weighted by atomic mass is 10.1. The number of fused-ring (bicyclic) bond motifs is 1. The van der Waals surface area contributed by atoms with Crippen molar-refractivity contribution in [3.05, 3.63) is 68.9 Å². The van der Waals surface area contributed by atoms with E-state index in [9.17, 15) is 10.1 Å². The molecule has 0 atom stereocenters. The molecule has 0 unspecified atom stereocenters. The van der Waals surface area contributed by atoms with Gasteiger partial charge in [0.2, 0.25) is 0 Å². The van der Waals surface area contributed by atoms with Crippen molar-refractivity contribution in [1.29, 1.82) is 0 Å². The largest absolute Gasteiger partial charge is 0.347 e. The first-order chi connectivity index (χ1) is 12.1. The van der Waals surface area contributed by atoms with Crippen LogP contribution in [0.2, 0.25) is 0 Å². The van der Waals surface area contributed by atoms with Crippen LogP contribution < -0.4 is 0 Å². The highest BCUT2D eigenvalue weighted by atomic mass is 79.9. The highest BCUT2D eigenvalue weighted by Gasteiger charge is 2.30. The van der Waals surface area contributed by atoms with Crippen molar-refractivity contribution in [2.24, 2.45) is 0 Å². The Morgan fingerprint density at radius 3 is 2.68 bits per heavy atom.